The summed E-state index contributed by atoms with van der Waals surface area (Å²) in [4.78, 5) is 16.7. The van der Waals surface area contributed by atoms with Crippen LogP contribution in [0.5, 0.6) is 0 Å². The minimum Gasteiger partial charge on any atom is -0.303 e. The highest BCUT2D eigenvalue weighted by Crippen LogP contribution is 2.35. The van der Waals surface area contributed by atoms with E-state index < -0.39 is 7.82 Å². The maximum absolute atomic E-state index is 10.2. The smallest absolute Gasteiger partial charge is 0.303 e. The molecule has 1 aromatic rings. The molecule has 1 aromatic heterocycles. The second-order valence-corrected chi connectivity index (χ2v) is 3.55. The highest BCUT2D eigenvalue weighted by Gasteiger charge is 2.13. The van der Waals surface area contributed by atoms with E-state index in [9.17, 15) is 4.57 Å². The highest BCUT2D eigenvalue weighted by molar-refractivity contribution is 7.46. The van der Waals surface area contributed by atoms with Gasteiger partial charge in [-0.2, -0.15) is 5.10 Å². The van der Waals surface area contributed by atoms with Gasteiger partial charge in [-0.1, -0.05) is 0 Å². The van der Waals surface area contributed by atoms with Crippen molar-refractivity contribution in [3.63, 3.8) is 0 Å². The van der Waals surface area contributed by atoms with Gasteiger partial charge in [0.1, 0.15) is 0 Å². The van der Waals surface area contributed by atoms with Crippen LogP contribution in [0, 0.1) is 6.92 Å². The zero-order valence-electron chi connectivity index (χ0n) is 6.41. The first-order chi connectivity index (χ1) is 5.47. The van der Waals surface area contributed by atoms with Crippen molar-refractivity contribution < 1.29 is 18.9 Å². The number of hydrogen-bond acceptors (Lipinski definition) is 3. The number of nitrogens with zero attached hydrogens (tertiary/aromatic N) is 2. The van der Waals surface area contributed by atoms with E-state index in [2.05, 4.69) is 9.62 Å². The predicted molar refractivity (Wildman–Crippen MR) is 40.1 cm³/mol. The van der Waals surface area contributed by atoms with Gasteiger partial charge >= 0.3 is 7.82 Å². The van der Waals surface area contributed by atoms with E-state index in [1.165, 1.54) is 4.68 Å². The van der Waals surface area contributed by atoms with Crippen molar-refractivity contribution in [2.24, 2.45) is 0 Å². The van der Waals surface area contributed by atoms with Gasteiger partial charge in [-0.25, -0.2) is 9.25 Å². The zero-order chi connectivity index (χ0) is 9.19. The Hall–Kier alpha value is -0.680. The summed E-state index contributed by atoms with van der Waals surface area (Å²) in [5.41, 5.74) is 0.907. The summed E-state index contributed by atoms with van der Waals surface area (Å²) in [5, 5.41) is 3.77. The van der Waals surface area contributed by atoms with E-state index in [-0.39, 0.29) is 6.73 Å². The first-order valence-corrected chi connectivity index (χ1v) is 4.69. The van der Waals surface area contributed by atoms with Gasteiger partial charge in [-0.05, 0) is 12.5 Å². The molecule has 12 heavy (non-hydrogen) atoms. The van der Waals surface area contributed by atoms with E-state index in [1.54, 1.807) is 12.4 Å². The molecule has 1 rings (SSSR count). The van der Waals surface area contributed by atoms with Crippen molar-refractivity contribution in [2.75, 3.05) is 0 Å². The number of phosphoric ester groups is 1. The summed E-state index contributed by atoms with van der Waals surface area (Å²) in [6.45, 7) is 1.58. The van der Waals surface area contributed by atoms with Gasteiger partial charge in [0.05, 0.1) is 6.20 Å². The van der Waals surface area contributed by atoms with Crippen molar-refractivity contribution in [3.05, 3.63) is 18.0 Å². The lowest BCUT2D eigenvalue weighted by atomic mass is 10.4. The van der Waals surface area contributed by atoms with Crippen molar-refractivity contribution in [3.8, 4) is 0 Å². The highest BCUT2D eigenvalue weighted by atomic mass is 31.2. The molecule has 0 unspecified atom stereocenters. The molecule has 0 bridgehead atoms. The molecule has 1 heterocycles. The maximum Gasteiger partial charge on any atom is 0.471 e. The Labute approximate surface area is 69.0 Å². The van der Waals surface area contributed by atoms with E-state index in [4.69, 9.17) is 9.79 Å². The average Bonchev–Trinajstić information content (AvgIpc) is 2.30. The number of aromatic nitrogens is 2. The van der Waals surface area contributed by atoms with Crippen LogP contribution < -0.4 is 0 Å². The molecule has 7 heteroatoms. The summed E-state index contributed by atoms with van der Waals surface area (Å²) in [5.74, 6) is 0. The molecule has 0 fully saturated rings. The predicted octanol–water partition coefficient (Wildman–Crippen LogP) is 0.258. The summed E-state index contributed by atoms with van der Waals surface area (Å²) in [7, 11) is -4.38. The largest absolute Gasteiger partial charge is 0.471 e. The monoisotopic (exact) mass is 192 g/mol. The molecule has 68 valence electrons. The fraction of sp³-hybridized carbons (Fsp3) is 0.400. The van der Waals surface area contributed by atoms with Gasteiger partial charge in [0.15, 0.2) is 6.73 Å². The SMILES string of the molecule is Cc1cnn(COP(=O)(O)O)c1. The van der Waals surface area contributed by atoms with Crippen LogP contribution >= 0.6 is 7.82 Å². The third-order valence-corrected chi connectivity index (χ3v) is 1.57. The lowest BCUT2D eigenvalue weighted by molar-refractivity contribution is 0.145. The Morgan fingerprint density at radius 3 is 2.83 bits per heavy atom. The average molecular weight is 192 g/mol. The molecular weight excluding hydrogens is 183 g/mol. The Morgan fingerprint density at radius 1 is 1.75 bits per heavy atom. The lowest BCUT2D eigenvalue weighted by Crippen LogP contribution is -2.00. The van der Waals surface area contributed by atoms with Crippen molar-refractivity contribution in [1.82, 2.24) is 9.78 Å². The van der Waals surface area contributed by atoms with Crippen molar-refractivity contribution >= 4 is 7.82 Å². The number of aryl methyl sites for hydroxylation is 1. The molecule has 0 aliphatic heterocycles. The first kappa shape index (κ1) is 9.41. The van der Waals surface area contributed by atoms with Crippen LogP contribution in [0.1, 0.15) is 5.56 Å². The third kappa shape index (κ3) is 3.15. The standard InChI is InChI=1S/C5H9N2O4P/c1-5-2-6-7(3-5)4-11-12(8,9)10/h2-3H,4H2,1H3,(H2,8,9,10). The summed E-state index contributed by atoms with van der Waals surface area (Å²) < 4.78 is 15.7. The molecule has 0 spiro atoms. The van der Waals surface area contributed by atoms with E-state index >= 15 is 0 Å². The van der Waals surface area contributed by atoms with E-state index in [1.807, 2.05) is 6.92 Å². The normalized spacial score (nSPS) is 11.9. The molecule has 0 aromatic carbocycles. The number of hydrogen-bond donors (Lipinski definition) is 2. The lowest BCUT2D eigenvalue weighted by Gasteiger charge is -2.03. The van der Waals surface area contributed by atoms with Gasteiger partial charge in [-0.15, -0.1) is 0 Å². The van der Waals surface area contributed by atoms with Gasteiger partial charge < -0.3 is 9.79 Å². The minimum atomic E-state index is -4.38. The Kier molecular flexibility index (Phi) is 2.64. The summed E-state index contributed by atoms with van der Waals surface area (Å²) in [6.07, 6.45) is 3.19. The molecule has 0 aliphatic carbocycles. The second kappa shape index (κ2) is 3.37. The number of rotatable bonds is 3. The van der Waals surface area contributed by atoms with Crippen LogP contribution in [0.3, 0.4) is 0 Å². The number of phosphoric acid groups is 1. The van der Waals surface area contributed by atoms with Gasteiger partial charge in [-0.3, -0.25) is 4.52 Å². The molecule has 0 saturated carbocycles. The van der Waals surface area contributed by atoms with Gasteiger partial charge in [0.2, 0.25) is 0 Å². The molecule has 0 atom stereocenters. The Bertz CT molecular complexity index is 304. The Balaban J connectivity index is 2.49. The van der Waals surface area contributed by atoms with Crippen LogP contribution in [0.15, 0.2) is 12.4 Å². The fourth-order valence-corrected chi connectivity index (χ4v) is 0.941. The van der Waals surface area contributed by atoms with Crippen molar-refractivity contribution in [2.45, 2.75) is 13.7 Å². The van der Waals surface area contributed by atoms with E-state index in [0.29, 0.717) is 0 Å². The molecule has 2 N–H and O–H groups in total. The molecule has 0 radical (unpaired) electrons. The van der Waals surface area contributed by atoms with Crippen LogP contribution in [-0.4, -0.2) is 19.6 Å². The maximum atomic E-state index is 10.2. The van der Waals surface area contributed by atoms with Crippen LogP contribution in [-0.2, 0) is 15.8 Å². The Morgan fingerprint density at radius 2 is 2.42 bits per heavy atom. The molecular formula is C5H9N2O4P. The van der Waals surface area contributed by atoms with Gasteiger partial charge in [0, 0.05) is 6.20 Å². The fourth-order valence-electron chi connectivity index (χ4n) is 0.672. The first-order valence-electron chi connectivity index (χ1n) is 3.16. The van der Waals surface area contributed by atoms with Crippen molar-refractivity contribution in [1.29, 1.82) is 0 Å². The summed E-state index contributed by atoms with van der Waals surface area (Å²) >= 11 is 0. The van der Waals surface area contributed by atoms with E-state index in [0.717, 1.165) is 5.56 Å². The second-order valence-electron chi connectivity index (χ2n) is 2.31. The molecule has 0 aliphatic rings. The van der Waals surface area contributed by atoms with Crippen LogP contribution in [0.2, 0.25) is 0 Å². The quantitative estimate of drug-likeness (QED) is 0.671. The minimum absolute atomic E-state index is 0.238. The molecule has 0 saturated heterocycles. The van der Waals surface area contributed by atoms with Crippen LogP contribution in [0.25, 0.3) is 0 Å². The topological polar surface area (TPSA) is 84.6 Å². The van der Waals surface area contributed by atoms with Crippen LogP contribution in [0.4, 0.5) is 0 Å². The van der Waals surface area contributed by atoms with Gasteiger partial charge in [0.25, 0.3) is 0 Å². The zero-order valence-corrected chi connectivity index (χ0v) is 7.31. The molecule has 0 amide bonds. The summed E-state index contributed by atoms with van der Waals surface area (Å²) in [6, 6.07) is 0. The molecule has 6 nitrogen and oxygen atoms in total. The third-order valence-electron chi connectivity index (χ3n) is 1.12.